The lowest BCUT2D eigenvalue weighted by Gasteiger charge is -2.35. The van der Waals surface area contributed by atoms with E-state index < -0.39 is 28.1 Å². The lowest BCUT2D eigenvalue weighted by atomic mass is 9.88. The van der Waals surface area contributed by atoms with Gasteiger partial charge in [-0.25, -0.2) is 17.9 Å². The van der Waals surface area contributed by atoms with E-state index in [2.05, 4.69) is 15.0 Å². The van der Waals surface area contributed by atoms with Crippen molar-refractivity contribution in [3.8, 4) is 16.9 Å². The molecule has 1 amide bonds. The molecule has 11 nitrogen and oxygen atoms in total. The Kier molecular flexibility index (Phi) is 10.0. The minimum atomic E-state index is -4.05. The molecule has 3 aromatic carbocycles. The number of nitrogens with one attached hydrogen (secondary N) is 2. The smallest absolute Gasteiger partial charge is 0.407 e. The number of hydrogen-bond donors (Lipinski definition) is 4. The Labute approximate surface area is 282 Å². The third kappa shape index (κ3) is 7.43. The maximum absolute atomic E-state index is 13.5. The highest BCUT2D eigenvalue weighted by Crippen LogP contribution is 2.45. The Morgan fingerprint density at radius 3 is 2.29 bits per heavy atom. The summed E-state index contributed by atoms with van der Waals surface area (Å²) < 4.78 is 41.2. The number of hydrogen-bond acceptors (Lipinski definition) is 7. The largest absolute Gasteiger partial charge is 0.487 e. The standard InChI is InChI=1S/C36H44N4O7S/c1-21-22(2)33(23(3)25-16-17-36(4,5)47-32(21)25)48(44,45)40-34(37)38-18-10-11-24(19-31(41)42)39-35(43)46-20-30-28-14-8-6-12-26(28)27-13-7-9-15-29(27)30/h6-9,12-15,24,30H,10-11,16-20H2,1-5H3,(H,39,43)(H,41,42)(H3,37,38,40). The van der Waals surface area contributed by atoms with Crippen molar-refractivity contribution >= 4 is 28.0 Å². The highest BCUT2D eigenvalue weighted by molar-refractivity contribution is 7.90. The van der Waals surface area contributed by atoms with Crippen LogP contribution in [0.3, 0.4) is 0 Å². The third-order valence-electron chi connectivity index (χ3n) is 9.25. The van der Waals surface area contributed by atoms with Gasteiger partial charge in [0.2, 0.25) is 5.96 Å². The fourth-order valence-electron chi connectivity index (χ4n) is 6.75. The molecule has 12 heteroatoms. The van der Waals surface area contributed by atoms with E-state index in [4.69, 9.17) is 15.2 Å². The summed E-state index contributed by atoms with van der Waals surface area (Å²) in [6.45, 7) is 9.64. The van der Waals surface area contributed by atoms with Gasteiger partial charge in [0.15, 0.2) is 0 Å². The van der Waals surface area contributed by atoms with Gasteiger partial charge in [-0.2, -0.15) is 0 Å². The molecule has 48 heavy (non-hydrogen) atoms. The van der Waals surface area contributed by atoms with Gasteiger partial charge >= 0.3 is 12.1 Å². The number of benzene rings is 3. The van der Waals surface area contributed by atoms with Crippen LogP contribution in [0.1, 0.15) is 78.8 Å². The Morgan fingerprint density at radius 1 is 1.04 bits per heavy atom. The zero-order valence-electron chi connectivity index (χ0n) is 28.1. The molecule has 0 radical (unpaired) electrons. The average molecular weight is 677 g/mol. The number of carboxylic acid groups (broad SMARTS) is 1. The molecule has 2 aliphatic rings. The zero-order chi connectivity index (χ0) is 34.8. The summed E-state index contributed by atoms with van der Waals surface area (Å²) in [5.41, 5.74) is 12.9. The van der Waals surface area contributed by atoms with Crippen LogP contribution < -0.4 is 20.5 Å². The second-order valence-corrected chi connectivity index (χ2v) is 14.8. The number of carbonyl (C=O) groups is 2. The summed E-state index contributed by atoms with van der Waals surface area (Å²) in [7, 11) is -4.05. The molecule has 1 heterocycles. The molecule has 0 saturated carbocycles. The molecule has 0 aromatic heterocycles. The van der Waals surface area contributed by atoms with Crippen LogP contribution in [0, 0.1) is 20.8 Å². The van der Waals surface area contributed by atoms with Gasteiger partial charge in [0, 0.05) is 18.5 Å². The molecule has 0 spiro atoms. The number of ether oxygens (including phenoxy) is 2. The molecule has 1 aliphatic carbocycles. The summed E-state index contributed by atoms with van der Waals surface area (Å²) in [5, 5.41) is 12.1. The molecule has 1 unspecified atom stereocenters. The number of aliphatic imine (C=N–C) groups is 1. The summed E-state index contributed by atoms with van der Waals surface area (Å²) in [6, 6.07) is 15.3. The highest BCUT2D eigenvalue weighted by Gasteiger charge is 2.34. The van der Waals surface area contributed by atoms with E-state index in [-0.39, 0.29) is 48.4 Å². The van der Waals surface area contributed by atoms with Gasteiger partial charge in [-0.05, 0) is 105 Å². The van der Waals surface area contributed by atoms with Crippen LogP contribution in [-0.2, 0) is 26.0 Å². The van der Waals surface area contributed by atoms with Crippen molar-refractivity contribution in [3.63, 3.8) is 0 Å². The lowest BCUT2D eigenvalue weighted by molar-refractivity contribution is -0.137. The molecule has 1 aliphatic heterocycles. The number of fused-ring (bicyclic) bond motifs is 4. The molecule has 0 fully saturated rings. The zero-order valence-corrected chi connectivity index (χ0v) is 28.9. The van der Waals surface area contributed by atoms with E-state index in [1.165, 1.54) is 0 Å². The first kappa shape index (κ1) is 34.7. The van der Waals surface area contributed by atoms with Crippen molar-refractivity contribution in [1.82, 2.24) is 10.0 Å². The Morgan fingerprint density at radius 2 is 1.67 bits per heavy atom. The van der Waals surface area contributed by atoms with Crippen LogP contribution in [0.15, 0.2) is 58.4 Å². The van der Waals surface area contributed by atoms with Gasteiger partial charge < -0.3 is 25.6 Å². The minimum absolute atomic E-state index is 0.105. The third-order valence-corrected chi connectivity index (χ3v) is 10.9. The van der Waals surface area contributed by atoms with E-state index in [1.54, 1.807) is 13.8 Å². The van der Waals surface area contributed by atoms with E-state index >= 15 is 0 Å². The second-order valence-electron chi connectivity index (χ2n) is 13.2. The van der Waals surface area contributed by atoms with Crippen molar-refractivity contribution in [3.05, 3.63) is 81.9 Å². The SMILES string of the molecule is Cc1c(C)c(S(=O)(=O)NC(N)=NCCCC(CC(=O)O)NC(=O)OCC2c3ccccc3-c3ccccc32)c(C)c2c1OC(C)(C)CC2. The molecule has 0 bridgehead atoms. The van der Waals surface area contributed by atoms with Crippen molar-refractivity contribution in [2.45, 2.75) is 89.2 Å². The summed E-state index contributed by atoms with van der Waals surface area (Å²) in [4.78, 5) is 28.7. The van der Waals surface area contributed by atoms with E-state index in [0.717, 1.165) is 45.6 Å². The molecular formula is C36H44N4O7S. The summed E-state index contributed by atoms with van der Waals surface area (Å²) in [6.07, 6.45) is 1.04. The maximum atomic E-state index is 13.5. The van der Waals surface area contributed by atoms with Crippen molar-refractivity contribution in [2.24, 2.45) is 10.7 Å². The fraction of sp³-hybridized carbons (Fsp3) is 0.417. The van der Waals surface area contributed by atoms with Crippen molar-refractivity contribution in [1.29, 1.82) is 0 Å². The average Bonchev–Trinajstić information content (AvgIpc) is 3.33. The van der Waals surface area contributed by atoms with Gasteiger partial charge in [0.05, 0.1) is 11.3 Å². The van der Waals surface area contributed by atoms with Crippen molar-refractivity contribution < 1.29 is 32.6 Å². The monoisotopic (exact) mass is 676 g/mol. The van der Waals surface area contributed by atoms with E-state index in [0.29, 0.717) is 24.0 Å². The molecule has 5 rings (SSSR count). The van der Waals surface area contributed by atoms with Crippen LogP contribution in [-0.4, -0.2) is 56.3 Å². The number of amides is 1. The van der Waals surface area contributed by atoms with E-state index in [1.807, 2.05) is 69.3 Å². The van der Waals surface area contributed by atoms with Gasteiger partial charge in [-0.3, -0.25) is 9.79 Å². The number of alkyl carbamates (subject to hydrolysis) is 1. The highest BCUT2D eigenvalue weighted by atomic mass is 32.2. The lowest BCUT2D eigenvalue weighted by Crippen LogP contribution is -2.39. The first-order valence-electron chi connectivity index (χ1n) is 16.2. The molecular weight excluding hydrogens is 632 g/mol. The number of aliphatic carboxylic acids is 1. The Hall–Kier alpha value is -4.58. The first-order chi connectivity index (χ1) is 22.7. The number of carboxylic acids is 1. The summed E-state index contributed by atoms with van der Waals surface area (Å²) >= 11 is 0. The van der Waals surface area contributed by atoms with Crippen LogP contribution in [0.2, 0.25) is 0 Å². The van der Waals surface area contributed by atoms with Crippen LogP contribution >= 0.6 is 0 Å². The second kappa shape index (κ2) is 13.9. The molecule has 0 saturated heterocycles. The normalized spacial score (nSPS) is 15.8. The maximum Gasteiger partial charge on any atom is 0.407 e. The van der Waals surface area contributed by atoms with Gasteiger partial charge in [-0.1, -0.05) is 48.5 Å². The number of nitrogens with zero attached hydrogens (tertiary/aromatic N) is 1. The quantitative estimate of drug-likeness (QED) is 0.118. The number of nitrogens with two attached hydrogens (primary N) is 1. The van der Waals surface area contributed by atoms with Crippen LogP contribution in [0.25, 0.3) is 11.1 Å². The molecule has 1 atom stereocenters. The van der Waals surface area contributed by atoms with Crippen LogP contribution in [0.4, 0.5) is 4.79 Å². The molecule has 5 N–H and O–H groups in total. The number of guanidine groups is 1. The van der Waals surface area contributed by atoms with Gasteiger partial charge in [-0.15, -0.1) is 0 Å². The number of carbonyl (C=O) groups excluding carboxylic acids is 1. The Balaban J connectivity index is 1.17. The predicted molar refractivity (Wildman–Crippen MR) is 184 cm³/mol. The summed E-state index contributed by atoms with van der Waals surface area (Å²) in [5.74, 6) is -0.736. The molecule has 256 valence electrons. The van der Waals surface area contributed by atoms with Crippen molar-refractivity contribution in [2.75, 3.05) is 13.2 Å². The van der Waals surface area contributed by atoms with Crippen LogP contribution in [0.5, 0.6) is 5.75 Å². The number of rotatable bonds is 11. The minimum Gasteiger partial charge on any atom is -0.487 e. The van der Waals surface area contributed by atoms with Gasteiger partial charge in [0.1, 0.15) is 18.0 Å². The molecule has 3 aromatic rings. The fourth-order valence-corrected chi connectivity index (χ4v) is 8.28. The van der Waals surface area contributed by atoms with E-state index in [9.17, 15) is 23.1 Å². The predicted octanol–water partition coefficient (Wildman–Crippen LogP) is 5.47. The number of sulfonamides is 1. The first-order valence-corrected chi connectivity index (χ1v) is 17.6. The topological polar surface area (TPSA) is 169 Å². The Bertz CT molecular complexity index is 1820. The van der Waals surface area contributed by atoms with Gasteiger partial charge in [0.25, 0.3) is 10.0 Å².